The highest BCUT2D eigenvalue weighted by Gasteiger charge is 2.05. The van der Waals surface area contributed by atoms with Crippen LogP contribution in [-0.2, 0) is 11.2 Å². The maximum absolute atomic E-state index is 12.6. The smallest absolute Gasteiger partial charge is 0.203 e. The Morgan fingerprint density at radius 2 is 2.09 bits per heavy atom. The zero-order chi connectivity index (χ0) is 8.27. The SMILES string of the molecule is O=[C]Cc1cccc(F)c1F. The molecule has 1 nitrogen and oxygen atoms in total. The summed E-state index contributed by atoms with van der Waals surface area (Å²) in [6.07, 6.45) is 1.29. The van der Waals surface area contributed by atoms with Gasteiger partial charge in [-0.25, -0.2) is 8.78 Å². The van der Waals surface area contributed by atoms with E-state index in [1.807, 2.05) is 0 Å². The summed E-state index contributed by atoms with van der Waals surface area (Å²) >= 11 is 0. The molecule has 0 saturated heterocycles. The second-order valence-corrected chi connectivity index (χ2v) is 2.03. The average Bonchev–Trinajstić information content (AvgIpc) is 1.99. The Labute approximate surface area is 62.7 Å². The van der Waals surface area contributed by atoms with Crippen LogP contribution in [0.25, 0.3) is 0 Å². The molecular weight excluding hydrogens is 150 g/mol. The molecule has 0 aromatic heterocycles. The van der Waals surface area contributed by atoms with Crippen molar-refractivity contribution in [3.05, 3.63) is 35.4 Å². The van der Waals surface area contributed by atoms with Crippen molar-refractivity contribution in [2.75, 3.05) is 0 Å². The van der Waals surface area contributed by atoms with Gasteiger partial charge in [-0.05, 0) is 11.6 Å². The summed E-state index contributed by atoms with van der Waals surface area (Å²) in [7, 11) is 0. The van der Waals surface area contributed by atoms with E-state index in [4.69, 9.17) is 0 Å². The highest BCUT2D eigenvalue weighted by atomic mass is 19.2. The molecule has 0 spiro atoms. The quantitative estimate of drug-likeness (QED) is 0.634. The summed E-state index contributed by atoms with van der Waals surface area (Å²) in [4.78, 5) is 9.82. The van der Waals surface area contributed by atoms with Crippen LogP contribution in [0.3, 0.4) is 0 Å². The second-order valence-electron chi connectivity index (χ2n) is 2.03. The number of hydrogen-bond acceptors (Lipinski definition) is 1. The Bertz CT molecular complexity index is 271. The predicted molar refractivity (Wildman–Crippen MR) is 35.8 cm³/mol. The van der Waals surface area contributed by atoms with Gasteiger partial charge in [-0.1, -0.05) is 12.1 Å². The van der Waals surface area contributed by atoms with Crippen LogP contribution in [0.5, 0.6) is 0 Å². The maximum Gasteiger partial charge on any atom is 0.203 e. The van der Waals surface area contributed by atoms with E-state index in [0.29, 0.717) is 0 Å². The standard InChI is InChI=1S/C8H5F2O/c9-7-3-1-2-6(4-5-11)8(7)10/h1-3H,4H2. The van der Waals surface area contributed by atoms with E-state index < -0.39 is 11.6 Å². The zero-order valence-electron chi connectivity index (χ0n) is 5.60. The molecule has 0 bridgehead atoms. The fourth-order valence-corrected chi connectivity index (χ4v) is 0.763. The molecule has 0 amide bonds. The first-order chi connectivity index (χ1) is 5.25. The van der Waals surface area contributed by atoms with E-state index in [1.54, 1.807) is 0 Å². The van der Waals surface area contributed by atoms with Crippen LogP contribution in [0.2, 0.25) is 0 Å². The normalized spacial score (nSPS) is 9.64. The highest BCUT2D eigenvalue weighted by Crippen LogP contribution is 2.10. The minimum Gasteiger partial charge on any atom is -0.291 e. The second kappa shape index (κ2) is 3.23. The van der Waals surface area contributed by atoms with Crippen molar-refractivity contribution in [2.45, 2.75) is 6.42 Å². The predicted octanol–water partition coefficient (Wildman–Crippen LogP) is 1.62. The number of benzene rings is 1. The number of rotatable bonds is 2. The molecule has 1 rings (SSSR count). The number of hydrogen-bond donors (Lipinski definition) is 0. The van der Waals surface area contributed by atoms with Gasteiger partial charge in [0.05, 0.1) is 0 Å². The van der Waals surface area contributed by atoms with Gasteiger partial charge >= 0.3 is 0 Å². The summed E-state index contributed by atoms with van der Waals surface area (Å²) in [5, 5.41) is 0. The highest BCUT2D eigenvalue weighted by molar-refractivity contribution is 5.55. The summed E-state index contributed by atoms with van der Waals surface area (Å²) in [5.74, 6) is -1.89. The van der Waals surface area contributed by atoms with Crippen molar-refractivity contribution in [1.29, 1.82) is 0 Å². The van der Waals surface area contributed by atoms with Crippen molar-refractivity contribution in [2.24, 2.45) is 0 Å². The molecule has 0 N–H and O–H groups in total. The van der Waals surface area contributed by atoms with E-state index in [0.717, 1.165) is 6.07 Å². The van der Waals surface area contributed by atoms with Crippen LogP contribution in [0, 0.1) is 11.6 Å². The molecule has 0 heterocycles. The molecule has 0 aliphatic heterocycles. The fraction of sp³-hybridized carbons (Fsp3) is 0.125. The van der Waals surface area contributed by atoms with Gasteiger partial charge in [0.2, 0.25) is 6.29 Å². The Morgan fingerprint density at radius 3 is 2.73 bits per heavy atom. The summed E-state index contributed by atoms with van der Waals surface area (Å²) in [5.41, 5.74) is 0.0417. The molecule has 0 atom stereocenters. The van der Waals surface area contributed by atoms with Crippen LogP contribution in [0.15, 0.2) is 18.2 Å². The minimum atomic E-state index is -0.962. The van der Waals surface area contributed by atoms with E-state index in [1.165, 1.54) is 18.4 Å². The molecule has 0 aliphatic carbocycles. The lowest BCUT2D eigenvalue weighted by Crippen LogP contribution is -1.93. The van der Waals surface area contributed by atoms with Gasteiger partial charge in [-0.15, -0.1) is 0 Å². The summed E-state index contributed by atoms with van der Waals surface area (Å²) in [6, 6.07) is 3.71. The van der Waals surface area contributed by atoms with Gasteiger partial charge in [0, 0.05) is 6.42 Å². The van der Waals surface area contributed by atoms with E-state index in [2.05, 4.69) is 0 Å². The fourth-order valence-electron chi connectivity index (χ4n) is 0.763. The first-order valence-corrected chi connectivity index (χ1v) is 3.03. The molecule has 11 heavy (non-hydrogen) atoms. The van der Waals surface area contributed by atoms with Crippen molar-refractivity contribution in [1.82, 2.24) is 0 Å². The van der Waals surface area contributed by atoms with Crippen LogP contribution in [0.4, 0.5) is 8.78 Å². The van der Waals surface area contributed by atoms with Gasteiger partial charge in [-0.2, -0.15) is 0 Å². The Hall–Kier alpha value is -1.25. The Balaban J connectivity index is 3.05. The van der Waals surface area contributed by atoms with Crippen molar-refractivity contribution in [3.63, 3.8) is 0 Å². The molecule has 1 aromatic carbocycles. The molecule has 0 aliphatic rings. The lowest BCUT2D eigenvalue weighted by atomic mass is 10.1. The molecule has 57 valence electrons. The van der Waals surface area contributed by atoms with Crippen LogP contribution < -0.4 is 0 Å². The van der Waals surface area contributed by atoms with E-state index >= 15 is 0 Å². The number of carbonyl (C=O) groups excluding carboxylic acids is 1. The van der Waals surface area contributed by atoms with Crippen LogP contribution in [-0.4, -0.2) is 6.29 Å². The zero-order valence-corrected chi connectivity index (χ0v) is 5.60. The topological polar surface area (TPSA) is 17.1 Å². The lowest BCUT2D eigenvalue weighted by molar-refractivity contribution is 0.499. The molecule has 0 fully saturated rings. The van der Waals surface area contributed by atoms with Crippen molar-refractivity contribution in [3.8, 4) is 0 Å². The average molecular weight is 155 g/mol. The van der Waals surface area contributed by atoms with Gasteiger partial charge < -0.3 is 0 Å². The first-order valence-electron chi connectivity index (χ1n) is 3.03. The molecule has 1 aromatic rings. The minimum absolute atomic E-state index is 0.0417. The molecular formula is C8H5F2O. The third kappa shape index (κ3) is 1.61. The van der Waals surface area contributed by atoms with Gasteiger partial charge in [0.15, 0.2) is 11.6 Å². The van der Waals surface area contributed by atoms with E-state index in [-0.39, 0.29) is 12.0 Å². The van der Waals surface area contributed by atoms with Crippen LogP contribution in [0.1, 0.15) is 5.56 Å². The maximum atomic E-state index is 12.6. The van der Waals surface area contributed by atoms with E-state index in [9.17, 15) is 13.6 Å². The molecule has 0 saturated carbocycles. The lowest BCUT2D eigenvalue weighted by Gasteiger charge is -1.96. The third-order valence-corrected chi connectivity index (χ3v) is 1.29. The van der Waals surface area contributed by atoms with Crippen molar-refractivity contribution < 1.29 is 13.6 Å². The Kier molecular flexibility index (Phi) is 2.31. The van der Waals surface area contributed by atoms with Gasteiger partial charge in [0.25, 0.3) is 0 Å². The molecule has 1 radical (unpaired) electrons. The monoisotopic (exact) mass is 155 g/mol. The first kappa shape index (κ1) is 7.85. The van der Waals surface area contributed by atoms with Crippen molar-refractivity contribution >= 4 is 6.29 Å². The van der Waals surface area contributed by atoms with Gasteiger partial charge in [0.1, 0.15) is 0 Å². The summed E-state index contributed by atoms with van der Waals surface area (Å²) in [6.45, 7) is 0. The van der Waals surface area contributed by atoms with Crippen LogP contribution >= 0.6 is 0 Å². The third-order valence-electron chi connectivity index (χ3n) is 1.29. The largest absolute Gasteiger partial charge is 0.291 e. The summed E-state index contributed by atoms with van der Waals surface area (Å²) < 4.78 is 25.0. The van der Waals surface area contributed by atoms with Gasteiger partial charge in [-0.3, -0.25) is 4.79 Å². The molecule has 3 heteroatoms. The molecule has 0 unspecified atom stereocenters. The Morgan fingerprint density at radius 1 is 1.36 bits per heavy atom. The number of halogens is 2.